The number of carbonyl (C=O) groups is 2. The Balaban J connectivity index is 2.28. The van der Waals surface area contributed by atoms with E-state index >= 15 is 0 Å². The highest BCUT2D eigenvalue weighted by Gasteiger charge is 2.23. The van der Waals surface area contributed by atoms with Gasteiger partial charge in [0.05, 0.1) is 19.9 Å². The Morgan fingerprint density at radius 1 is 1.15 bits per heavy atom. The summed E-state index contributed by atoms with van der Waals surface area (Å²) in [4.78, 5) is 29.3. The van der Waals surface area contributed by atoms with Crippen LogP contribution in [0.4, 0.5) is 5.69 Å². The standard InChI is InChI=1S/C19H29N3O4S/c1-21-7-5-8-22(10-9-21)19(24)14-12-15(20-17(23)6-11-27-4)18(26-3)16(13-14)25-2/h12-13H,5-11H2,1-4H3,(H,20,23). The van der Waals surface area contributed by atoms with Crippen molar-refractivity contribution >= 4 is 29.3 Å². The molecule has 0 aliphatic carbocycles. The summed E-state index contributed by atoms with van der Waals surface area (Å²) in [6.07, 6.45) is 3.28. The molecule has 8 heteroatoms. The SMILES string of the molecule is COc1cc(C(=O)N2CCCN(C)CC2)cc(NC(=O)CCSC)c1OC. The molecule has 1 aromatic rings. The minimum absolute atomic E-state index is 0.0640. The second kappa shape index (κ2) is 10.4. The minimum Gasteiger partial charge on any atom is -0.493 e. The van der Waals surface area contributed by atoms with Crippen LogP contribution in [-0.4, -0.2) is 81.1 Å². The number of ether oxygens (including phenoxy) is 2. The van der Waals surface area contributed by atoms with Gasteiger partial charge in [0.25, 0.3) is 5.91 Å². The fourth-order valence-electron chi connectivity index (χ4n) is 3.02. The second-order valence-corrected chi connectivity index (χ2v) is 7.48. The molecule has 0 radical (unpaired) electrons. The maximum absolute atomic E-state index is 13.0. The Hall–Kier alpha value is -1.93. The predicted molar refractivity (Wildman–Crippen MR) is 109 cm³/mol. The maximum atomic E-state index is 13.0. The van der Waals surface area contributed by atoms with E-state index in [4.69, 9.17) is 9.47 Å². The van der Waals surface area contributed by atoms with E-state index in [1.807, 2.05) is 11.2 Å². The Morgan fingerprint density at radius 2 is 1.93 bits per heavy atom. The van der Waals surface area contributed by atoms with Crippen LogP contribution in [-0.2, 0) is 4.79 Å². The molecule has 1 fully saturated rings. The van der Waals surface area contributed by atoms with E-state index in [0.29, 0.717) is 42.3 Å². The summed E-state index contributed by atoms with van der Waals surface area (Å²) in [7, 11) is 5.10. The fraction of sp³-hybridized carbons (Fsp3) is 0.579. The van der Waals surface area contributed by atoms with Crippen LogP contribution in [0.2, 0.25) is 0 Å². The van der Waals surface area contributed by atoms with Crippen LogP contribution < -0.4 is 14.8 Å². The highest BCUT2D eigenvalue weighted by molar-refractivity contribution is 7.98. The first-order valence-corrected chi connectivity index (χ1v) is 10.4. The van der Waals surface area contributed by atoms with Crippen molar-refractivity contribution in [1.82, 2.24) is 9.80 Å². The molecule has 2 amide bonds. The number of carbonyl (C=O) groups excluding carboxylic acids is 2. The van der Waals surface area contributed by atoms with Gasteiger partial charge < -0.3 is 24.6 Å². The lowest BCUT2D eigenvalue weighted by Crippen LogP contribution is -2.34. The van der Waals surface area contributed by atoms with Gasteiger partial charge >= 0.3 is 0 Å². The van der Waals surface area contributed by atoms with Crippen molar-refractivity contribution in [2.24, 2.45) is 0 Å². The van der Waals surface area contributed by atoms with E-state index in [-0.39, 0.29) is 11.8 Å². The van der Waals surface area contributed by atoms with Crippen LogP contribution in [0.3, 0.4) is 0 Å². The molecule has 1 aliphatic rings. The van der Waals surface area contributed by atoms with Gasteiger partial charge in [0, 0.05) is 37.4 Å². The van der Waals surface area contributed by atoms with E-state index in [1.165, 1.54) is 14.2 Å². The molecule has 0 saturated carbocycles. The van der Waals surface area contributed by atoms with Crippen LogP contribution in [0.1, 0.15) is 23.2 Å². The third kappa shape index (κ3) is 5.77. The van der Waals surface area contributed by atoms with Crippen molar-refractivity contribution in [2.75, 3.05) is 64.8 Å². The number of likely N-dealkylation sites (N-methyl/N-ethyl adjacent to an activating group) is 1. The third-order valence-corrected chi connectivity index (χ3v) is 5.15. The van der Waals surface area contributed by atoms with E-state index in [9.17, 15) is 9.59 Å². The van der Waals surface area contributed by atoms with Gasteiger partial charge in [0.2, 0.25) is 5.91 Å². The molecule has 1 aromatic carbocycles. The smallest absolute Gasteiger partial charge is 0.254 e. The lowest BCUT2D eigenvalue weighted by Gasteiger charge is -2.22. The van der Waals surface area contributed by atoms with Gasteiger partial charge in [-0.05, 0) is 38.4 Å². The molecule has 0 aromatic heterocycles. The van der Waals surface area contributed by atoms with Gasteiger partial charge in [-0.25, -0.2) is 0 Å². The lowest BCUT2D eigenvalue weighted by atomic mass is 10.1. The summed E-state index contributed by atoms with van der Waals surface area (Å²) in [5.41, 5.74) is 0.940. The van der Waals surface area contributed by atoms with E-state index < -0.39 is 0 Å². The van der Waals surface area contributed by atoms with E-state index in [0.717, 1.165) is 25.3 Å². The number of hydrogen-bond acceptors (Lipinski definition) is 6. The summed E-state index contributed by atoms with van der Waals surface area (Å²) < 4.78 is 10.8. The van der Waals surface area contributed by atoms with Crippen LogP contribution >= 0.6 is 11.8 Å². The first-order chi connectivity index (χ1) is 13.0. The Bertz CT molecular complexity index is 669. The molecular weight excluding hydrogens is 366 g/mol. The highest BCUT2D eigenvalue weighted by Crippen LogP contribution is 2.37. The summed E-state index contributed by atoms with van der Waals surface area (Å²) in [5, 5.41) is 2.85. The number of hydrogen-bond donors (Lipinski definition) is 1. The molecule has 0 atom stereocenters. The number of benzene rings is 1. The van der Waals surface area contributed by atoms with Crippen molar-refractivity contribution in [1.29, 1.82) is 0 Å². The highest BCUT2D eigenvalue weighted by atomic mass is 32.2. The average molecular weight is 396 g/mol. The number of nitrogens with zero attached hydrogens (tertiary/aromatic N) is 2. The molecular formula is C19H29N3O4S. The summed E-state index contributed by atoms with van der Waals surface area (Å²) in [5.74, 6) is 1.39. The molecule has 1 saturated heterocycles. The quantitative estimate of drug-likeness (QED) is 0.763. The van der Waals surface area contributed by atoms with Crippen molar-refractivity contribution in [3.63, 3.8) is 0 Å². The van der Waals surface area contributed by atoms with Gasteiger partial charge in [-0.2, -0.15) is 11.8 Å². The average Bonchev–Trinajstić information content (AvgIpc) is 2.89. The normalized spacial score (nSPS) is 15.2. The Morgan fingerprint density at radius 3 is 2.59 bits per heavy atom. The second-order valence-electron chi connectivity index (χ2n) is 6.50. The molecule has 1 heterocycles. The summed E-state index contributed by atoms with van der Waals surface area (Å²) in [6.45, 7) is 3.22. The number of nitrogens with one attached hydrogen (secondary N) is 1. The first kappa shape index (κ1) is 21.4. The van der Waals surface area contributed by atoms with Gasteiger partial charge in [-0.1, -0.05) is 0 Å². The topological polar surface area (TPSA) is 71.1 Å². The largest absolute Gasteiger partial charge is 0.493 e. The van der Waals surface area contributed by atoms with E-state index in [1.54, 1.807) is 23.9 Å². The summed E-state index contributed by atoms with van der Waals surface area (Å²) >= 11 is 1.61. The van der Waals surface area contributed by atoms with Crippen LogP contribution in [0, 0.1) is 0 Å². The van der Waals surface area contributed by atoms with Crippen LogP contribution in [0.5, 0.6) is 11.5 Å². The van der Waals surface area contributed by atoms with Crippen LogP contribution in [0.25, 0.3) is 0 Å². The van der Waals surface area contributed by atoms with Gasteiger partial charge in [0.15, 0.2) is 11.5 Å². The van der Waals surface area contributed by atoms with Crippen molar-refractivity contribution in [3.05, 3.63) is 17.7 Å². The fourth-order valence-corrected chi connectivity index (χ4v) is 3.41. The number of rotatable bonds is 7. The Kier molecular flexibility index (Phi) is 8.24. The van der Waals surface area contributed by atoms with E-state index in [2.05, 4.69) is 17.3 Å². The van der Waals surface area contributed by atoms with Crippen molar-refractivity contribution in [2.45, 2.75) is 12.8 Å². The zero-order valence-electron chi connectivity index (χ0n) is 16.5. The van der Waals surface area contributed by atoms with Gasteiger partial charge in [-0.15, -0.1) is 0 Å². The number of amides is 2. The first-order valence-electron chi connectivity index (χ1n) is 9.02. The molecule has 1 N–H and O–H groups in total. The zero-order valence-corrected chi connectivity index (χ0v) is 17.4. The Labute approximate surface area is 165 Å². The monoisotopic (exact) mass is 395 g/mol. The van der Waals surface area contributed by atoms with Crippen LogP contribution in [0.15, 0.2) is 12.1 Å². The molecule has 150 valence electrons. The maximum Gasteiger partial charge on any atom is 0.254 e. The van der Waals surface area contributed by atoms with Gasteiger partial charge in [-0.3, -0.25) is 9.59 Å². The summed E-state index contributed by atoms with van der Waals surface area (Å²) in [6, 6.07) is 3.35. The number of methoxy groups -OCH3 is 2. The minimum atomic E-state index is -0.120. The van der Waals surface area contributed by atoms with Gasteiger partial charge in [0.1, 0.15) is 0 Å². The third-order valence-electron chi connectivity index (χ3n) is 4.54. The molecule has 0 spiro atoms. The molecule has 0 bridgehead atoms. The lowest BCUT2D eigenvalue weighted by molar-refractivity contribution is -0.115. The molecule has 0 unspecified atom stereocenters. The van der Waals surface area contributed by atoms with Crippen molar-refractivity contribution in [3.8, 4) is 11.5 Å². The molecule has 27 heavy (non-hydrogen) atoms. The molecule has 7 nitrogen and oxygen atoms in total. The number of anilines is 1. The predicted octanol–water partition coefficient (Wildman–Crippen LogP) is 2.17. The zero-order chi connectivity index (χ0) is 19.8. The number of thioether (sulfide) groups is 1. The molecule has 1 aliphatic heterocycles. The molecule has 2 rings (SSSR count). The van der Waals surface area contributed by atoms with Crippen molar-refractivity contribution < 1.29 is 19.1 Å².